The number of benzene rings is 1. The van der Waals surface area contributed by atoms with Gasteiger partial charge in [-0.05, 0) is 24.6 Å². The topological polar surface area (TPSA) is 63.1 Å². The Bertz CT molecular complexity index is 840. The molecule has 1 aromatic carbocycles. The molecule has 0 aliphatic heterocycles. The second-order valence-electron chi connectivity index (χ2n) is 5.34. The third-order valence-electron chi connectivity index (χ3n) is 4.14. The molecule has 20 heavy (non-hydrogen) atoms. The summed E-state index contributed by atoms with van der Waals surface area (Å²) in [6, 6.07) is 5.88. The van der Waals surface area contributed by atoms with Crippen LogP contribution in [0.2, 0.25) is 0 Å². The zero-order chi connectivity index (χ0) is 13.7. The van der Waals surface area contributed by atoms with Crippen molar-refractivity contribution in [1.29, 1.82) is 0 Å². The van der Waals surface area contributed by atoms with Gasteiger partial charge in [-0.2, -0.15) is 0 Å². The molecular weight excluding hydrogens is 254 g/mol. The molecule has 0 bridgehead atoms. The molecule has 2 heterocycles. The van der Waals surface area contributed by atoms with Crippen LogP contribution in [-0.2, 0) is 9.59 Å². The van der Waals surface area contributed by atoms with E-state index in [1.165, 1.54) is 0 Å². The van der Waals surface area contributed by atoms with Crippen LogP contribution in [0.3, 0.4) is 0 Å². The van der Waals surface area contributed by atoms with Gasteiger partial charge < -0.3 is 9.40 Å². The minimum absolute atomic E-state index is 0.0106. The van der Waals surface area contributed by atoms with E-state index >= 15 is 0 Å². The van der Waals surface area contributed by atoms with E-state index in [2.05, 4.69) is 4.98 Å². The predicted molar refractivity (Wildman–Crippen MR) is 74.7 cm³/mol. The summed E-state index contributed by atoms with van der Waals surface area (Å²) < 4.78 is 5.60. The maximum Gasteiger partial charge on any atom is 0.147 e. The summed E-state index contributed by atoms with van der Waals surface area (Å²) in [4.78, 5) is 26.7. The number of Topliss-reactive ketones (excluding diaryl/α,β-unsaturated/α-hetero) is 2. The van der Waals surface area contributed by atoms with E-state index in [4.69, 9.17) is 4.42 Å². The van der Waals surface area contributed by atoms with Crippen LogP contribution in [-0.4, -0.2) is 16.6 Å². The number of hydrogen-bond acceptors (Lipinski definition) is 3. The van der Waals surface area contributed by atoms with Crippen LogP contribution < -0.4 is 0 Å². The first-order valence-electron chi connectivity index (χ1n) is 6.75. The summed E-state index contributed by atoms with van der Waals surface area (Å²) in [5, 5.41) is 2.06. The second-order valence-corrected chi connectivity index (χ2v) is 5.34. The summed E-state index contributed by atoms with van der Waals surface area (Å²) in [7, 11) is 0. The van der Waals surface area contributed by atoms with Gasteiger partial charge in [0.1, 0.15) is 17.1 Å². The lowest BCUT2D eigenvalue weighted by Crippen LogP contribution is -2.22. The Hall–Kier alpha value is -2.36. The van der Waals surface area contributed by atoms with Gasteiger partial charge in [0, 0.05) is 40.4 Å². The number of carbonyl (C=O) groups excluding carboxylic acids is 2. The van der Waals surface area contributed by atoms with Crippen molar-refractivity contribution in [1.82, 2.24) is 4.98 Å². The molecule has 100 valence electrons. The van der Waals surface area contributed by atoms with Gasteiger partial charge in [-0.25, -0.2) is 0 Å². The van der Waals surface area contributed by atoms with Crippen molar-refractivity contribution < 1.29 is 14.0 Å². The molecule has 1 aliphatic rings. The molecule has 4 heteroatoms. The second kappa shape index (κ2) is 4.07. The molecular formula is C16H13NO3. The normalized spacial score (nSPS) is 20.1. The Labute approximate surface area is 114 Å². The highest BCUT2D eigenvalue weighted by Crippen LogP contribution is 2.37. The highest BCUT2D eigenvalue weighted by atomic mass is 16.3. The fourth-order valence-electron chi connectivity index (χ4n) is 3.15. The Balaban J connectivity index is 1.93. The van der Waals surface area contributed by atoms with Crippen molar-refractivity contribution in [3.05, 3.63) is 36.2 Å². The van der Waals surface area contributed by atoms with Gasteiger partial charge in [0.05, 0.1) is 12.7 Å². The van der Waals surface area contributed by atoms with Gasteiger partial charge in [-0.3, -0.25) is 9.59 Å². The summed E-state index contributed by atoms with van der Waals surface area (Å²) in [5.74, 6) is -0.156. The predicted octanol–water partition coefficient (Wildman–Crippen LogP) is 3.32. The molecule has 0 saturated heterocycles. The van der Waals surface area contributed by atoms with Gasteiger partial charge in [-0.15, -0.1) is 0 Å². The van der Waals surface area contributed by atoms with E-state index in [-0.39, 0.29) is 23.9 Å². The average Bonchev–Trinajstić information content (AvgIpc) is 3.03. The Morgan fingerprint density at radius 2 is 2.10 bits per heavy atom. The smallest absolute Gasteiger partial charge is 0.147 e. The highest BCUT2D eigenvalue weighted by molar-refractivity contribution is 6.11. The Kier molecular flexibility index (Phi) is 2.33. The van der Waals surface area contributed by atoms with E-state index in [0.717, 1.165) is 27.4 Å². The van der Waals surface area contributed by atoms with Crippen molar-refractivity contribution in [2.24, 2.45) is 0 Å². The third kappa shape index (κ3) is 1.54. The summed E-state index contributed by atoms with van der Waals surface area (Å²) >= 11 is 0. The fraction of sp³-hybridized carbons (Fsp3) is 0.250. The number of carbonyl (C=O) groups is 2. The molecule has 4 rings (SSSR count). The van der Waals surface area contributed by atoms with Gasteiger partial charge in [0.2, 0.25) is 0 Å². The number of aromatic amines is 1. The number of fused-ring (bicyclic) bond motifs is 3. The van der Waals surface area contributed by atoms with Crippen molar-refractivity contribution >= 4 is 33.4 Å². The largest absolute Gasteiger partial charge is 0.464 e. The lowest BCUT2D eigenvalue weighted by molar-refractivity contribution is -0.130. The van der Waals surface area contributed by atoms with Gasteiger partial charge in [0.15, 0.2) is 0 Å². The monoisotopic (exact) mass is 267 g/mol. The standard InChI is InChI=1S/C16H13NO3/c18-9-1-2-10(14(19)7-9)12-8-20-15-4-3-13-11(16(12)15)5-6-17-13/h3-6,8,10,17H,1-2,7H2/t10-/m1/s1. The molecule has 0 amide bonds. The van der Waals surface area contributed by atoms with Crippen LogP contribution in [0.1, 0.15) is 30.7 Å². The molecule has 2 aromatic heterocycles. The van der Waals surface area contributed by atoms with E-state index in [0.29, 0.717) is 12.8 Å². The van der Waals surface area contributed by atoms with E-state index in [1.54, 1.807) is 6.26 Å². The fourth-order valence-corrected chi connectivity index (χ4v) is 3.15. The molecule has 3 aromatic rings. The molecule has 1 fully saturated rings. The summed E-state index contributed by atoms with van der Waals surface area (Å²) in [6.07, 6.45) is 4.68. The zero-order valence-electron chi connectivity index (χ0n) is 10.8. The lowest BCUT2D eigenvalue weighted by atomic mass is 9.82. The number of rotatable bonds is 1. The van der Waals surface area contributed by atoms with Crippen molar-refractivity contribution in [2.75, 3.05) is 0 Å². The molecule has 0 unspecified atom stereocenters. The van der Waals surface area contributed by atoms with Gasteiger partial charge in [0.25, 0.3) is 0 Å². The van der Waals surface area contributed by atoms with E-state index in [9.17, 15) is 9.59 Å². The van der Waals surface area contributed by atoms with Crippen LogP contribution in [0.5, 0.6) is 0 Å². The Morgan fingerprint density at radius 3 is 2.95 bits per heavy atom. The molecule has 0 spiro atoms. The van der Waals surface area contributed by atoms with Crippen LogP contribution >= 0.6 is 0 Å². The SMILES string of the molecule is O=C1CC[C@H](c2coc3ccc4[nH]ccc4c23)C(=O)C1. The van der Waals surface area contributed by atoms with Crippen molar-refractivity contribution in [3.8, 4) is 0 Å². The summed E-state index contributed by atoms with van der Waals surface area (Å²) in [6.45, 7) is 0. The van der Waals surface area contributed by atoms with E-state index < -0.39 is 0 Å². The van der Waals surface area contributed by atoms with Crippen LogP contribution in [0.15, 0.2) is 35.1 Å². The Morgan fingerprint density at radius 1 is 1.20 bits per heavy atom. The average molecular weight is 267 g/mol. The van der Waals surface area contributed by atoms with Gasteiger partial charge >= 0.3 is 0 Å². The zero-order valence-corrected chi connectivity index (χ0v) is 10.8. The lowest BCUT2D eigenvalue weighted by Gasteiger charge is -2.18. The quantitative estimate of drug-likeness (QED) is 0.688. The van der Waals surface area contributed by atoms with Gasteiger partial charge in [-0.1, -0.05) is 0 Å². The first kappa shape index (κ1) is 11.5. The molecule has 1 saturated carbocycles. The maximum absolute atomic E-state index is 12.2. The van der Waals surface area contributed by atoms with Crippen LogP contribution in [0.4, 0.5) is 0 Å². The first-order valence-corrected chi connectivity index (χ1v) is 6.75. The molecule has 1 N–H and O–H groups in total. The van der Waals surface area contributed by atoms with Crippen molar-refractivity contribution in [3.63, 3.8) is 0 Å². The number of aromatic nitrogens is 1. The highest BCUT2D eigenvalue weighted by Gasteiger charge is 2.31. The summed E-state index contributed by atoms with van der Waals surface area (Å²) in [5.41, 5.74) is 2.74. The third-order valence-corrected chi connectivity index (χ3v) is 4.14. The number of H-pyrrole nitrogens is 1. The molecule has 1 aliphatic carbocycles. The van der Waals surface area contributed by atoms with Crippen LogP contribution in [0.25, 0.3) is 21.9 Å². The number of ketones is 2. The van der Waals surface area contributed by atoms with Crippen molar-refractivity contribution in [2.45, 2.75) is 25.2 Å². The molecule has 0 radical (unpaired) electrons. The minimum Gasteiger partial charge on any atom is -0.464 e. The van der Waals surface area contributed by atoms with E-state index in [1.807, 2.05) is 24.4 Å². The minimum atomic E-state index is -0.213. The number of nitrogens with one attached hydrogen (secondary N) is 1. The number of hydrogen-bond donors (Lipinski definition) is 1. The maximum atomic E-state index is 12.2. The molecule has 4 nitrogen and oxygen atoms in total. The number of furan rings is 1. The molecule has 1 atom stereocenters. The van der Waals surface area contributed by atoms with Crippen LogP contribution in [0, 0.1) is 0 Å². The first-order chi connectivity index (χ1) is 9.74.